The second-order valence-corrected chi connectivity index (χ2v) is 7.64. The van der Waals surface area contributed by atoms with Crippen LogP contribution in [0.4, 0.5) is 0 Å². The molecule has 0 fully saturated rings. The Morgan fingerprint density at radius 3 is 2.44 bits per heavy atom. The fourth-order valence-corrected chi connectivity index (χ4v) is 3.67. The molecule has 0 atom stereocenters. The average molecular weight is 444 g/mol. The first-order valence-electron chi connectivity index (χ1n) is 10.2. The maximum absolute atomic E-state index is 13.2. The standard InChI is InChI=1S/C25H22ClN5O/c1-19-23(25(26)31(29-19)22-7-3-2-4-8-22)9-10-24(32)30(17-20-11-14-27-15-12-20)18-21-6-5-13-28-16-21/h2-16H,17-18H2,1H3. The second-order valence-electron chi connectivity index (χ2n) is 7.28. The van der Waals surface area contributed by atoms with Crippen LogP contribution >= 0.6 is 11.6 Å². The molecule has 0 aliphatic carbocycles. The number of para-hydroxylation sites is 1. The van der Waals surface area contributed by atoms with E-state index in [1.54, 1.807) is 46.5 Å². The Labute approximate surface area is 191 Å². The second kappa shape index (κ2) is 10.0. The molecule has 0 bridgehead atoms. The van der Waals surface area contributed by atoms with E-state index in [4.69, 9.17) is 11.6 Å². The fourth-order valence-electron chi connectivity index (χ4n) is 3.33. The zero-order valence-corrected chi connectivity index (χ0v) is 18.4. The van der Waals surface area contributed by atoms with Crippen LogP contribution in [0.5, 0.6) is 0 Å². The van der Waals surface area contributed by atoms with Crippen molar-refractivity contribution in [2.24, 2.45) is 0 Å². The Morgan fingerprint density at radius 1 is 0.969 bits per heavy atom. The lowest BCUT2D eigenvalue weighted by Gasteiger charge is -2.21. The zero-order valence-electron chi connectivity index (χ0n) is 17.6. The molecule has 0 radical (unpaired) electrons. The summed E-state index contributed by atoms with van der Waals surface area (Å²) in [5.74, 6) is -0.131. The van der Waals surface area contributed by atoms with Crippen LogP contribution in [0.3, 0.4) is 0 Å². The highest BCUT2D eigenvalue weighted by Crippen LogP contribution is 2.25. The Hall–Kier alpha value is -3.77. The lowest BCUT2D eigenvalue weighted by Crippen LogP contribution is -2.28. The van der Waals surface area contributed by atoms with Crippen molar-refractivity contribution < 1.29 is 4.79 Å². The fraction of sp³-hybridized carbons (Fsp3) is 0.120. The third-order valence-corrected chi connectivity index (χ3v) is 5.34. The minimum absolute atomic E-state index is 0.131. The molecule has 0 aliphatic rings. The van der Waals surface area contributed by atoms with E-state index in [2.05, 4.69) is 15.1 Å². The monoisotopic (exact) mass is 443 g/mol. The molecule has 0 saturated carbocycles. The Kier molecular flexibility index (Phi) is 6.72. The third-order valence-electron chi connectivity index (χ3n) is 4.97. The number of hydrogen-bond donors (Lipinski definition) is 0. The van der Waals surface area contributed by atoms with Gasteiger partial charge in [0, 0.05) is 49.5 Å². The van der Waals surface area contributed by atoms with Crippen molar-refractivity contribution >= 4 is 23.6 Å². The van der Waals surface area contributed by atoms with Gasteiger partial charge < -0.3 is 4.90 Å². The van der Waals surface area contributed by atoms with Crippen molar-refractivity contribution in [2.75, 3.05) is 0 Å². The van der Waals surface area contributed by atoms with Gasteiger partial charge in [-0.3, -0.25) is 14.8 Å². The molecule has 0 saturated heterocycles. The van der Waals surface area contributed by atoms with Crippen LogP contribution in [0.1, 0.15) is 22.4 Å². The zero-order chi connectivity index (χ0) is 22.3. The molecule has 32 heavy (non-hydrogen) atoms. The summed E-state index contributed by atoms with van der Waals surface area (Å²) in [6.45, 7) is 2.77. The van der Waals surface area contributed by atoms with Gasteiger partial charge in [0.25, 0.3) is 0 Å². The Morgan fingerprint density at radius 2 is 1.72 bits per heavy atom. The van der Waals surface area contributed by atoms with Crippen LogP contribution in [0.25, 0.3) is 11.8 Å². The first-order valence-corrected chi connectivity index (χ1v) is 10.5. The number of carbonyl (C=O) groups excluding carboxylic acids is 1. The van der Waals surface area contributed by atoms with Gasteiger partial charge in [0.15, 0.2) is 0 Å². The predicted octanol–water partition coefficient (Wildman–Crippen LogP) is 4.87. The maximum Gasteiger partial charge on any atom is 0.247 e. The van der Waals surface area contributed by atoms with Crippen molar-refractivity contribution in [1.82, 2.24) is 24.6 Å². The van der Waals surface area contributed by atoms with E-state index in [1.165, 1.54) is 0 Å². The summed E-state index contributed by atoms with van der Waals surface area (Å²) in [5.41, 5.74) is 4.28. The quantitative estimate of drug-likeness (QED) is 0.382. The molecule has 0 N–H and O–H groups in total. The van der Waals surface area contributed by atoms with E-state index in [0.29, 0.717) is 23.8 Å². The van der Waals surface area contributed by atoms with Gasteiger partial charge in [-0.05, 0) is 54.5 Å². The summed E-state index contributed by atoms with van der Waals surface area (Å²) in [7, 11) is 0. The lowest BCUT2D eigenvalue weighted by molar-refractivity contribution is -0.127. The van der Waals surface area contributed by atoms with Crippen LogP contribution in [0.2, 0.25) is 5.15 Å². The molecule has 1 amide bonds. The molecule has 3 aromatic heterocycles. The molecule has 0 spiro atoms. The van der Waals surface area contributed by atoms with Crippen LogP contribution in [-0.2, 0) is 17.9 Å². The van der Waals surface area contributed by atoms with Crippen LogP contribution < -0.4 is 0 Å². The van der Waals surface area contributed by atoms with Gasteiger partial charge in [0.2, 0.25) is 5.91 Å². The Bertz CT molecular complexity index is 1170. The number of halogens is 1. The van der Waals surface area contributed by atoms with E-state index < -0.39 is 0 Å². The van der Waals surface area contributed by atoms with Gasteiger partial charge in [-0.2, -0.15) is 5.10 Å². The number of pyridine rings is 2. The number of carbonyl (C=O) groups is 1. The highest BCUT2D eigenvalue weighted by Gasteiger charge is 2.15. The van der Waals surface area contributed by atoms with Crippen LogP contribution in [-0.4, -0.2) is 30.6 Å². The van der Waals surface area contributed by atoms with Crippen LogP contribution in [0.15, 0.2) is 85.5 Å². The number of aryl methyl sites for hydroxylation is 1. The smallest absolute Gasteiger partial charge is 0.247 e. The number of amides is 1. The molecular weight excluding hydrogens is 422 g/mol. The lowest BCUT2D eigenvalue weighted by atomic mass is 10.2. The molecule has 6 nitrogen and oxygen atoms in total. The summed E-state index contributed by atoms with van der Waals surface area (Å²) in [5, 5.41) is 5.00. The average Bonchev–Trinajstić information content (AvgIpc) is 3.12. The molecule has 0 aliphatic heterocycles. The molecule has 7 heteroatoms. The van der Waals surface area contributed by atoms with Crippen molar-refractivity contribution in [3.63, 3.8) is 0 Å². The highest BCUT2D eigenvalue weighted by atomic mass is 35.5. The molecule has 160 valence electrons. The summed E-state index contributed by atoms with van der Waals surface area (Å²) in [6.07, 6.45) is 10.2. The number of hydrogen-bond acceptors (Lipinski definition) is 4. The molecule has 3 heterocycles. The van der Waals surface area contributed by atoms with E-state index >= 15 is 0 Å². The van der Waals surface area contributed by atoms with Crippen molar-refractivity contribution in [1.29, 1.82) is 0 Å². The van der Waals surface area contributed by atoms with E-state index in [9.17, 15) is 4.79 Å². The third kappa shape index (κ3) is 5.10. The van der Waals surface area contributed by atoms with E-state index in [0.717, 1.165) is 22.5 Å². The SMILES string of the molecule is Cc1nn(-c2ccccc2)c(Cl)c1C=CC(=O)N(Cc1ccncc1)Cc1cccnc1. The van der Waals surface area contributed by atoms with Crippen molar-refractivity contribution in [2.45, 2.75) is 20.0 Å². The first-order chi connectivity index (χ1) is 15.6. The Balaban J connectivity index is 1.58. The van der Waals surface area contributed by atoms with Crippen molar-refractivity contribution in [3.05, 3.63) is 113 Å². The van der Waals surface area contributed by atoms with Gasteiger partial charge in [0.1, 0.15) is 5.15 Å². The van der Waals surface area contributed by atoms with Gasteiger partial charge >= 0.3 is 0 Å². The van der Waals surface area contributed by atoms with Gasteiger partial charge in [0.05, 0.1) is 11.4 Å². The predicted molar refractivity (Wildman–Crippen MR) is 125 cm³/mol. The van der Waals surface area contributed by atoms with Crippen LogP contribution in [0, 0.1) is 6.92 Å². The van der Waals surface area contributed by atoms with E-state index in [1.807, 2.05) is 61.5 Å². The number of aromatic nitrogens is 4. The molecule has 4 rings (SSSR count). The van der Waals surface area contributed by atoms with Gasteiger partial charge in [-0.15, -0.1) is 0 Å². The number of nitrogens with zero attached hydrogens (tertiary/aromatic N) is 5. The van der Waals surface area contributed by atoms with Gasteiger partial charge in [-0.1, -0.05) is 35.9 Å². The first kappa shape index (κ1) is 21.5. The number of benzene rings is 1. The topological polar surface area (TPSA) is 63.9 Å². The molecule has 0 unspecified atom stereocenters. The summed E-state index contributed by atoms with van der Waals surface area (Å²) in [4.78, 5) is 23.1. The minimum Gasteiger partial charge on any atom is -0.330 e. The van der Waals surface area contributed by atoms with Gasteiger partial charge in [-0.25, -0.2) is 4.68 Å². The molecule has 4 aromatic rings. The summed E-state index contributed by atoms with van der Waals surface area (Å²) < 4.78 is 1.67. The number of rotatable bonds is 7. The maximum atomic E-state index is 13.2. The van der Waals surface area contributed by atoms with E-state index in [-0.39, 0.29) is 5.91 Å². The normalized spacial score (nSPS) is 11.1. The summed E-state index contributed by atoms with van der Waals surface area (Å²) >= 11 is 6.60. The molecule has 1 aromatic carbocycles. The largest absolute Gasteiger partial charge is 0.330 e. The highest BCUT2D eigenvalue weighted by molar-refractivity contribution is 6.31. The summed E-state index contributed by atoms with van der Waals surface area (Å²) in [6, 6.07) is 17.3. The van der Waals surface area contributed by atoms with Crippen molar-refractivity contribution in [3.8, 4) is 5.69 Å². The molecular formula is C25H22ClN5O. The minimum atomic E-state index is -0.131.